The summed E-state index contributed by atoms with van der Waals surface area (Å²) in [5, 5.41) is 7.88. The molecule has 3 heteroatoms. The van der Waals surface area contributed by atoms with Crippen LogP contribution in [0.25, 0.3) is 5.57 Å². The molecule has 2 aromatic rings. The van der Waals surface area contributed by atoms with Crippen LogP contribution in [0, 0.1) is 5.41 Å². The van der Waals surface area contributed by atoms with Crippen LogP contribution >= 0.6 is 0 Å². The van der Waals surface area contributed by atoms with E-state index in [2.05, 4.69) is 0 Å². The highest BCUT2D eigenvalue weighted by atomic mass is 14.5. The summed E-state index contributed by atoms with van der Waals surface area (Å²) in [5.41, 5.74) is 19.0. The van der Waals surface area contributed by atoms with Gasteiger partial charge in [0.15, 0.2) is 0 Å². The molecule has 1 aliphatic rings. The maximum atomic E-state index is 7.88. The molecule has 5 N–H and O–H groups in total. The molecule has 0 amide bonds. The van der Waals surface area contributed by atoms with Crippen LogP contribution in [-0.4, -0.2) is 5.71 Å². The van der Waals surface area contributed by atoms with Gasteiger partial charge in [-0.05, 0) is 71.2 Å². The summed E-state index contributed by atoms with van der Waals surface area (Å²) in [6.07, 6.45) is 5.86. The lowest BCUT2D eigenvalue weighted by molar-refractivity contribution is 1.41. The zero-order valence-corrected chi connectivity index (χ0v) is 13.0. The van der Waals surface area contributed by atoms with Crippen molar-refractivity contribution in [2.24, 2.45) is 0 Å². The van der Waals surface area contributed by atoms with E-state index in [0.717, 1.165) is 39.2 Å². The summed E-state index contributed by atoms with van der Waals surface area (Å²) in [6, 6.07) is 15.7. The SMILES string of the molecule is CC1=CC(=C(c2ccc(N)cc2)c2ccc(N)cc2)C=CC1=N. The van der Waals surface area contributed by atoms with E-state index in [4.69, 9.17) is 16.9 Å². The number of hydrogen-bond acceptors (Lipinski definition) is 3. The van der Waals surface area contributed by atoms with Crippen molar-refractivity contribution in [1.29, 1.82) is 5.41 Å². The Bertz CT molecular complexity index is 788. The highest BCUT2D eigenvalue weighted by Gasteiger charge is 2.12. The van der Waals surface area contributed by atoms with E-state index in [-0.39, 0.29) is 0 Å². The smallest absolute Gasteiger partial charge is 0.0569 e. The van der Waals surface area contributed by atoms with Gasteiger partial charge in [0, 0.05) is 11.4 Å². The molecule has 0 spiro atoms. The van der Waals surface area contributed by atoms with Gasteiger partial charge in [-0.15, -0.1) is 0 Å². The third kappa shape index (κ3) is 3.09. The number of benzene rings is 2. The van der Waals surface area contributed by atoms with E-state index >= 15 is 0 Å². The fourth-order valence-electron chi connectivity index (χ4n) is 2.62. The zero-order valence-electron chi connectivity index (χ0n) is 13.0. The maximum absolute atomic E-state index is 7.88. The second-order valence-corrected chi connectivity index (χ2v) is 5.65. The van der Waals surface area contributed by atoms with Gasteiger partial charge < -0.3 is 16.9 Å². The fourth-order valence-corrected chi connectivity index (χ4v) is 2.62. The summed E-state index contributed by atoms with van der Waals surface area (Å²) in [7, 11) is 0. The van der Waals surface area contributed by atoms with Gasteiger partial charge in [0.1, 0.15) is 0 Å². The second kappa shape index (κ2) is 5.97. The number of allylic oxidation sites excluding steroid dienone is 5. The molecule has 0 saturated carbocycles. The summed E-state index contributed by atoms with van der Waals surface area (Å²) in [4.78, 5) is 0. The maximum Gasteiger partial charge on any atom is 0.0569 e. The number of hydrogen-bond donors (Lipinski definition) is 3. The number of nitrogens with one attached hydrogen (secondary N) is 1. The quantitative estimate of drug-likeness (QED) is 0.727. The second-order valence-electron chi connectivity index (χ2n) is 5.65. The molecule has 0 aromatic heterocycles. The Morgan fingerprint density at radius 2 is 1.26 bits per heavy atom. The largest absolute Gasteiger partial charge is 0.399 e. The Morgan fingerprint density at radius 3 is 1.70 bits per heavy atom. The highest BCUT2D eigenvalue weighted by Crippen LogP contribution is 2.31. The van der Waals surface area contributed by atoms with Crippen LogP contribution < -0.4 is 11.5 Å². The fraction of sp³-hybridized carbons (Fsp3) is 0.0500. The number of nitrogen functional groups attached to an aromatic ring is 2. The molecular weight excluding hydrogens is 282 g/mol. The molecule has 114 valence electrons. The van der Waals surface area contributed by atoms with Gasteiger partial charge in [-0.25, -0.2) is 0 Å². The lowest BCUT2D eigenvalue weighted by Crippen LogP contribution is -2.01. The molecule has 0 atom stereocenters. The predicted molar refractivity (Wildman–Crippen MR) is 98.4 cm³/mol. The van der Waals surface area contributed by atoms with Crippen LogP contribution in [0.15, 0.2) is 77.9 Å². The van der Waals surface area contributed by atoms with Crippen molar-refractivity contribution in [3.63, 3.8) is 0 Å². The van der Waals surface area contributed by atoms with Crippen LogP contribution in [0.4, 0.5) is 11.4 Å². The normalized spacial score (nSPS) is 13.9. The van der Waals surface area contributed by atoms with Crippen molar-refractivity contribution in [2.75, 3.05) is 11.5 Å². The third-order valence-corrected chi connectivity index (χ3v) is 3.91. The molecule has 0 bridgehead atoms. The molecule has 0 aliphatic heterocycles. The van der Waals surface area contributed by atoms with Gasteiger partial charge in [-0.2, -0.15) is 0 Å². The van der Waals surface area contributed by atoms with Crippen LogP contribution in [0.1, 0.15) is 18.1 Å². The van der Waals surface area contributed by atoms with Crippen LogP contribution in [0.3, 0.4) is 0 Å². The zero-order chi connectivity index (χ0) is 16.4. The molecule has 23 heavy (non-hydrogen) atoms. The molecule has 1 aliphatic carbocycles. The Morgan fingerprint density at radius 1 is 0.783 bits per heavy atom. The monoisotopic (exact) mass is 301 g/mol. The molecule has 3 nitrogen and oxygen atoms in total. The van der Waals surface area contributed by atoms with Crippen molar-refractivity contribution in [3.05, 3.63) is 89.0 Å². The van der Waals surface area contributed by atoms with Crippen LogP contribution in [0.5, 0.6) is 0 Å². The standard InChI is InChI=1S/C20H19N3/c1-13-12-16(6-11-19(13)23)20(14-2-7-17(21)8-3-14)15-4-9-18(22)10-5-15/h2-12,23H,21-22H2,1H3. The van der Waals surface area contributed by atoms with Crippen molar-refractivity contribution in [3.8, 4) is 0 Å². The van der Waals surface area contributed by atoms with E-state index in [9.17, 15) is 0 Å². The van der Waals surface area contributed by atoms with E-state index in [0.29, 0.717) is 5.71 Å². The Balaban J connectivity index is 2.22. The van der Waals surface area contributed by atoms with Crippen molar-refractivity contribution in [2.45, 2.75) is 6.92 Å². The molecule has 2 aromatic carbocycles. The summed E-state index contributed by atoms with van der Waals surface area (Å²) in [6.45, 7) is 1.95. The summed E-state index contributed by atoms with van der Waals surface area (Å²) in [5.74, 6) is 0. The molecule has 0 radical (unpaired) electrons. The lowest BCUT2D eigenvalue weighted by atomic mass is 9.89. The predicted octanol–water partition coefficient (Wildman–Crippen LogP) is 4.19. The molecule has 0 unspecified atom stereocenters. The van der Waals surface area contributed by atoms with Gasteiger partial charge in [0.25, 0.3) is 0 Å². The van der Waals surface area contributed by atoms with E-state index in [1.54, 1.807) is 0 Å². The van der Waals surface area contributed by atoms with Crippen molar-refractivity contribution >= 4 is 22.7 Å². The average Bonchev–Trinajstić information content (AvgIpc) is 2.55. The molecular formula is C20H19N3. The Labute approximate surface area is 136 Å². The first-order valence-electron chi connectivity index (χ1n) is 7.46. The molecule has 3 rings (SSSR count). The first-order valence-corrected chi connectivity index (χ1v) is 7.46. The Hall–Kier alpha value is -3.07. The van der Waals surface area contributed by atoms with Gasteiger partial charge >= 0.3 is 0 Å². The van der Waals surface area contributed by atoms with E-state index in [1.807, 2.05) is 73.7 Å². The van der Waals surface area contributed by atoms with Crippen molar-refractivity contribution in [1.82, 2.24) is 0 Å². The highest BCUT2D eigenvalue weighted by molar-refractivity contribution is 6.08. The average molecular weight is 301 g/mol. The molecule has 0 heterocycles. The number of rotatable bonds is 2. The molecule has 0 saturated heterocycles. The number of anilines is 2. The van der Waals surface area contributed by atoms with E-state index in [1.165, 1.54) is 0 Å². The third-order valence-electron chi connectivity index (χ3n) is 3.91. The first-order chi connectivity index (χ1) is 11.0. The molecule has 0 fully saturated rings. The first kappa shape index (κ1) is 14.9. The minimum absolute atomic E-state index is 0.544. The van der Waals surface area contributed by atoms with Gasteiger partial charge in [0.05, 0.1) is 5.71 Å². The van der Waals surface area contributed by atoms with Gasteiger partial charge in [0.2, 0.25) is 0 Å². The topological polar surface area (TPSA) is 75.9 Å². The minimum atomic E-state index is 0.544. The van der Waals surface area contributed by atoms with Gasteiger partial charge in [-0.1, -0.05) is 30.3 Å². The number of nitrogens with two attached hydrogens (primary N) is 2. The Kier molecular flexibility index (Phi) is 3.85. The van der Waals surface area contributed by atoms with Crippen molar-refractivity contribution < 1.29 is 0 Å². The summed E-state index contributed by atoms with van der Waals surface area (Å²) < 4.78 is 0. The summed E-state index contributed by atoms with van der Waals surface area (Å²) >= 11 is 0. The van der Waals surface area contributed by atoms with Gasteiger partial charge in [-0.3, -0.25) is 0 Å². The minimum Gasteiger partial charge on any atom is -0.399 e. The van der Waals surface area contributed by atoms with Crippen LogP contribution in [0.2, 0.25) is 0 Å². The lowest BCUT2D eigenvalue weighted by Gasteiger charge is -2.16. The van der Waals surface area contributed by atoms with E-state index < -0.39 is 0 Å². The van der Waals surface area contributed by atoms with Crippen LogP contribution in [-0.2, 0) is 0 Å².